The van der Waals surface area contributed by atoms with Crippen molar-refractivity contribution in [3.63, 3.8) is 0 Å². The summed E-state index contributed by atoms with van der Waals surface area (Å²) in [4.78, 5) is 10.6. The molecule has 1 aliphatic rings. The molecule has 1 aromatic heterocycles. The van der Waals surface area contributed by atoms with Gasteiger partial charge in [-0.3, -0.25) is 4.98 Å². The average Bonchev–Trinajstić information content (AvgIpc) is 2.31. The molecule has 1 unspecified atom stereocenters. The van der Waals surface area contributed by atoms with Crippen LogP contribution in [0, 0.1) is 11.3 Å². The van der Waals surface area contributed by atoms with E-state index in [9.17, 15) is 0 Å². The molecule has 0 aliphatic carbocycles. The van der Waals surface area contributed by atoms with Crippen molar-refractivity contribution in [1.29, 1.82) is 5.26 Å². The van der Waals surface area contributed by atoms with Gasteiger partial charge >= 0.3 is 0 Å². The van der Waals surface area contributed by atoms with Crippen LogP contribution in [-0.2, 0) is 0 Å². The molecule has 0 bridgehead atoms. The van der Waals surface area contributed by atoms with E-state index in [4.69, 9.17) is 5.26 Å². The first-order valence-corrected chi connectivity index (χ1v) is 5.31. The van der Waals surface area contributed by atoms with Crippen LogP contribution in [-0.4, -0.2) is 22.6 Å². The van der Waals surface area contributed by atoms with Crippen molar-refractivity contribution in [2.45, 2.75) is 31.7 Å². The van der Waals surface area contributed by atoms with Crippen LogP contribution in [0.3, 0.4) is 0 Å². The van der Waals surface area contributed by atoms with Crippen molar-refractivity contribution in [3.05, 3.63) is 18.6 Å². The average molecular weight is 202 g/mol. The summed E-state index contributed by atoms with van der Waals surface area (Å²) in [5.74, 6) is 0.900. The fourth-order valence-electron chi connectivity index (χ4n) is 2.06. The largest absolute Gasteiger partial charge is 0.351 e. The molecule has 1 aromatic rings. The molecular formula is C11H14N4. The van der Waals surface area contributed by atoms with Crippen molar-refractivity contribution in [2.75, 3.05) is 11.4 Å². The van der Waals surface area contributed by atoms with Gasteiger partial charge in [-0.05, 0) is 19.3 Å². The van der Waals surface area contributed by atoms with Gasteiger partial charge in [0, 0.05) is 25.0 Å². The van der Waals surface area contributed by atoms with Gasteiger partial charge < -0.3 is 4.90 Å². The van der Waals surface area contributed by atoms with Crippen LogP contribution < -0.4 is 4.90 Å². The van der Waals surface area contributed by atoms with E-state index in [1.165, 1.54) is 12.8 Å². The van der Waals surface area contributed by atoms with E-state index in [-0.39, 0.29) is 0 Å². The third-order valence-electron chi connectivity index (χ3n) is 2.80. The normalized spacial score (nSPS) is 21.0. The van der Waals surface area contributed by atoms with Crippen LogP contribution >= 0.6 is 0 Å². The maximum Gasteiger partial charge on any atom is 0.147 e. The summed E-state index contributed by atoms with van der Waals surface area (Å²) in [7, 11) is 0. The van der Waals surface area contributed by atoms with E-state index in [0.29, 0.717) is 12.5 Å². The zero-order chi connectivity index (χ0) is 10.5. The molecule has 78 valence electrons. The summed E-state index contributed by atoms with van der Waals surface area (Å²) in [6.07, 6.45) is 9.21. The van der Waals surface area contributed by atoms with Gasteiger partial charge in [0.15, 0.2) is 0 Å². The Balaban J connectivity index is 2.15. The van der Waals surface area contributed by atoms with Crippen molar-refractivity contribution in [1.82, 2.24) is 9.97 Å². The van der Waals surface area contributed by atoms with Crippen LogP contribution in [0.2, 0.25) is 0 Å². The smallest absolute Gasteiger partial charge is 0.147 e. The highest BCUT2D eigenvalue weighted by Gasteiger charge is 2.23. The summed E-state index contributed by atoms with van der Waals surface area (Å²) < 4.78 is 0. The lowest BCUT2D eigenvalue weighted by molar-refractivity contribution is 0.461. The molecule has 4 heteroatoms. The number of rotatable bonds is 2. The fraction of sp³-hybridized carbons (Fsp3) is 0.545. The number of piperidine rings is 1. The summed E-state index contributed by atoms with van der Waals surface area (Å²) in [5.41, 5.74) is 0. The van der Waals surface area contributed by atoms with Gasteiger partial charge in [0.2, 0.25) is 0 Å². The molecule has 4 nitrogen and oxygen atoms in total. The number of aromatic nitrogens is 2. The minimum Gasteiger partial charge on any atom is -0.351 e. The molecule has 0 amide bonds. The predicted octanol–water partition coefficient (Wildman–Crippen LogP) is 1.75. The maximum absolute atomic E-state index is 8.77. The number of hydrogen-bond donors (Lipinski definition) is 0. The number of nitrogens with zero attached hydrogens (tertiary/aromatic N) is 4. The van der Waals surface area contributed by atoms with Crippen molar-refractivity contribution < 1.29 is 0 Å². The van der Waals surface area contributed by atoms with Crippen molar-refractivity contribution >= 4 is 5.82 Å². The lowest BCUT2D eigenvalue weighted by atomic mass is 10.00. The monoisotopic (exact) mass is 202 g/mol. The zero-order valence-corrected chi connectivity index (χ0v) is 8.63. The molecule has 15 heavy (non-hydrogen) atoms. The molecular weight excluding hydrogens is 188 g/mol. The second-order valence-corrected chi connectivity index (χ2v) is 3.77. The Morgan fingerprint density at radius 2 is 2.40 bits per heavy atom. The van der Waals surface area contributed by atoms with E-state index in [0.717, 1.165) is 18.8 Å². The van der Waals surface area contributed by atoms with Gasteiger partial charge in [0.05, 0.1) is 18.7 Å². The third-order valence-corrected chi connectivity index (χ3v) is 2.80. The standard InChI is InChI=1S/C11H14N4/c12-5-4-10-3-1-2-8-15(10)11-9-13-6-7-14-11/h6-7,9-10H,1-4,8H2. The zero-order valence-electron chi connectivity index (χ0n) is 8.63. The van der Waals surface area contributed by atoms with E-state index in [2.05, 4.69) is 20.9 Å². The van der Waals surface area contributed by atoms with E-state index in [1.807, 2.05) is 0 Å². The van der Waals surface area contributed by atoms with Gasteiger partial charge in [-0.15, -0.1) is 0 Å². The molecule has 0 aromatic carbocycles. The Labute approximate surface area is 89.6 Å². The molecule has 1 aliphatic heterocycles. The van der Waals surface area contributed by atoms with E-state index >= 15 is 0 Å². The Morgan fingerprint density at radius 3 is 3.13 bits per heavy atom. The molecule has 0 radical (unpaired) electrons. The Bertz CT molecular complexity index is 343. The van der Waals surface area contributed by atoms with Crippen LogP contribution in [0.4, 0.5) is 5.82 Å². The number of nitriles is 1. The van der Waals surface area contributed by atoms with Gasteiger partial charge in [0.25, 0.3) is 0 Å². The molecule has 2 heterocycles. The lowest BCUT2D eigenvalue weighted by Crippen LogP contribution is -2.39. The first-order chi connectivity index (χ1) is 7.42. The Morgan fingerprint density at radius 1 is 1.47 bits per heavy atom. The molecule has 0 spiro atoms. The maximum atomic E-state index is 8.77. The summed E-state index contributed by atoms with van der Waals surface area (Å²) in [6, 6.07) is 2.57. The van der Waals surface area contributed by atoms with Gasteiger partial charge in [0.1, 0.15) is 5.82 Å². The van der Waals surface area contributed by atoms with Crippen molar-refractivity contribution in [3.8, 4) is 6.07 Å². The first-order valence-electron chi connectivity index (χ1n) is 5.31. The summed E-state index contributed by atoms with van der Waals surface area (Å²) in [6.45, 7) is 0.991. The van der Waals surface area contributed by atoms with Crippen LogP contribution in [0.15, 0.2) is 18.6 Å². The number of anilines is 1. The second-order valence-electron chi connectivity index (χ2n) is 3.77. The highest BCUT2D eigenvalue weighted by molar-refractivity contribution is 5.37. The SMILES string of the molecule is N#CCC1CCCCN1c1cnccn1. The summed E-state index contributed by atoms with van der Waals surface area (Å²) >= 11 is 0. The molecule has 1 saturated heterocycles. The minimum absolute atomic E-state index is 0.320. The fourth-order valence-corrected chi connectivity index (χ4v) is 2.06. The summed E-state index contributed by atoms with van der Waals surface area (Å²) in [5, 5.41) is 8.77. The molecule has 2 rings (SSSR count). The van der Waals surface area contributed by atoms with Crippen LogP contribution in [0.1, 0.15) is 25.7 Å². The van der Waals surface area contributed by atoms with Gasteiger partial charge in [-0.2, -0.15) is 5.26 Å². The Kier molecular flexibility index (Phi) is 3.13. The first kappa shape index (κ1) is 9.91. The highest BCUT2D eigenvalue weighted by atomic mass is 15.2. The minimum atomic E-state index is 0.320. The molecule has 0 N–H and O–H groups in total. The third kappa shape index (κ3) is 2.24. The highest BCUT2D eigenvalue weighted by Crippen LogP contribution is 2.23. The lowest BCUT2D eigenvalue weighted by Gasteiger charge is -2.35. The predicted molar refractivity (Wildman–Crippen MR) is 57.2 cm³/mol. The topological polar surface area (TPSA) is 52.8 Å². The van der Waals surface area contributed by atoms with Crippen LogP contribution in [0.5, 0.6) is 0 Å². The Hall–Kier alpha value is -1.63. The number of hydrogen-bond acceptors (Lipinski definition) is 4. The van der Waals surface area contributed by atoms with E-state index < -0.39 is 0 Å². The van der Waals surface area contributed by atoms with Crippen molar-refractivity contribution in [2.24, 2.45) is 0 Å². The second kappa shape index (κ2) is 4.74. The van der Waals surface area contributed by atoms with Gasteiger partial charge in [-0.25, -0.2) is 4.98 Å². The van der Waals surface area contributed by atoms with Crippen LogP contribution in [0.25, 0.3) is 0 Å². The molecule has 0 saturated carbocycles. The molecule has 1 fully saturated rings. The molecule has 1 atom stereocenters. The van der Waals surface area contributed by atoms with E-state index in [1.54, 1.807) is 18.6 Å². The quantitative estimate of drug-likeness (QED) is 0.733. The van der Waals surface area contributed by atoms with Gasteiger partial charge in [-0.1, -0.05) is 0 Å².